The summed E-state index contributed by atoms with van der Waals surface area (Å²) in [5.74, 6) is -0.867. The van der Waals surface area contributed by atoms with Gasteiger partial charge in [0.25, 0.3) is 0 Å². The molecule has 1 atom stereocenters. The molecule has 1 aromatic rings. The van der Waals surface area contributed by atoms with Crippen molar-refractivity contribution in [2.75, 3.05) is 5.32 Å². The Morgan fingerprint density at radius 3 is 2.45 bits per heavy atom. The van der Waals surface area contributed by atoms with Gasteiger partial charge in [0.2, 0.25) is 0 Å². The lowest BCUT2D eigenvalue weighted by Crippen LogP contribution is -2.36. The molecule has 0 aliphatic rings. The number of aliphatic carboxylic acids is 1. The Kier molecular flexibility index (Phi) is 6.56. The van der Waals surface area contributed by atoms with Crippen molar-refractivity contribution in [3.05, 3.63) is 29.8 Å². The highest BCUT2D eigenvalue weighted by Crippen LogP contribution is 2.10. The highest BCUT2D eigenvalue weighted by Gasteiger charge is 2.07. The van der Waals surface area contributed by atoms with E-state index in [-0.39, 0.29) is 18.5 Å². The molecule has 3 N–H and O–H groups in total. The van der Waals surface area contributed by atoms with Crippen molar-refractivity contribution in [1.82, 2.24) is 5.32 Å². The predicted octanol–water partition coefficient (Wildman–Crippen LogP) is 3.01. The minimum Gasteiger partial charge on any atom is -0.481 e. The number of urea groups is 1. The molecule has 0 saturated heterocycles. The first-order chi connectivity index (χ1) is 9.51. The lowest BCUT2D eigenvalue weighted by Gasteiger charge is -2.14. The molecule has 5 heteroatoms. The fourth-order valence-corrected chi connectivity index (χ4v) is 1.85. The normalized spacial score (nSPS) is 11.7. The Bertz CT molecular complexity index is 443. The van der Waals surface area contributed by atoms with Crippen molar-refractivity contribution in [1.29, 1.82) is 0 Å². The van der Waals surface area contributed by atoms with Gasteiger partial charge >= 0.3 is 12.0 Å². The number of hydrogen-bond donors (Lipinski definition) is 3. The highest BCUT2D eigenvalue weighted by atomic mass is 16.4. The van der Waals surface area contributed by atoms with Gasteiger partial charge in [0, 0.05) is 11.7 Å². The van der Waals surface area contributed by atoms with Crippen LogP contribution < -0.4 is 10.6 Å². The second-order valence-corrected chi connectivity index (χ2v) is 4.91. The smallest absolute Gasteiger partial charge is 0.319 e. The number of carbonyl (C=O) groups excluding carboxylic acids is 1. The number of benzene rings is 1. The van der Waals surface area contributed by atoms with Crippen molar-refractivity contribution >= 4 is 17.7 Å². The van der Waals surface area contributed by atoms with Crippen LogP contribution in [-0.4, -0.2) is 23.1 Å². The minimum atomic E-state index is -0.867. The summed E-state index contributed by atoms with van der Waals surface area (Å²) in [4.78, 5) is 22.3. The van der Waals surface area contributed by atoms with E-state index in [1.54, 1.807) is 24.3 Å². The molecule has 0 bridgehead atoms. The number of unbranched alkanes of at least 4 members (excludes halogenated alkanes) is 1. The standard InChI is InChI=1S/C15H22N2O3/c1-3-4-5-11(2)16-15(20)17-13-8-6-12(7-9-13)10-14(18)19/h6-9,11H,3-5,10H2,1-2H3,(H,18,19)(H2,16,17,20). The lowest BCUT2D eigenvalue weighted by molar-refractivity contribution is -0.136. The zero-order valence-electron chi connectivity index (χ0n) is 12.0. The maximum absolute atomic E-state index is 11.7. The average molecular weight is 278 g/mol. The quantitative estimate of drug-likeness (QED) is 0.717. The van der Waals surface area contributed by atoms with E-state index in [0.717, 1.165) is 19.3 Å². The molecular weight excluding hydrogens is 256 g/mol. The van der Waals surface area contributed by atoms with Gasteiger partial charge in [0.1, 0.15) is 0 Å². The zero-order valence-corrected chi connectivity index (χ0v) is 12.0. The minimum absolute atomic E-state index is 0.0134. The first-order valence-corrected chi connectivity index (χ1v) is 6.89. The van der Waals surface area contributed by atoms with Crippen LogP contribution in [0.3, 0.4) is 0 Å². The van der Waals surface area contributed by atoms with Crippen molar-refractivity contribution < 1.29 is 14.7 Å². The van der Waals surface area contributed by atoms with E-state index in [2.05, 4.69) is 17.6 Å². The maximum atomic E-state index is 11.7. The molecule has 0 fully saturated rings. The van der Waals surface area contributed by atoms with E-state index < -0.39 is 5.97 Å². The van der Waals surface area contributed by atoms with E-state index in [9.17, 15) is 9.59 Å². The molecule has 0 radical (unpaired) electrons. The van der Waals surface area contributed by atoms with Gasteiger partial charge in [-0.05, 0) is 31.0 Å². The molecule has 1 unspecified atom stereocenters. The summed E-state index contributed by atoms with van der Waals surface area (Å²) < 4.78 is 0. The van der Waals surface area contributed by atoms with Gasteiger partial charge in [-0.15, -0.1) is 0 Å². The molecule has 0 spiro atoms. The number of carboxylic acid groups (broad SMARTS) is 1. The summed E-state index contributed by atoms with van der Waals surface area (Å²) >= 11 is 0. The topological polar surface area (TPSA) is 78.4 Å². The molecule has 1 rings (SSSR count). The van der Waals surface area contributed by atoms with Gasteiger partial charge in [-0.2, -0.15) is 0 Å². The van der Waals surface area contributed by atoms with Gasteiger partial charge in [-0.25, -0.2) is 4.79 Å². The lowest BCUT2D eigenvalue weighted by atomic mass is 10.1. The number of hydrogen-bond acceptors (Lipinski definition) is 2. The number of carboxylic acids is 1. The van der Waals surface area contributed by atoms with Gasteiger partial charge in [0.15, 0.2) is 0 Å². The first-order valence-electron chi connectivity index (χ1n) is 6.89. The molecule has 20 heavy (non-hydrogen) atoms. The summed E-state index contributed by atoms with van der Waals surface area (Å²) in [6.45, 7) is 4.09. The summed E-state index contributed by atoms with van der Waals surface area (Å²) in [6.07, 6.45) is 3.14. The number of nitrogens with one attached hydrogen (secondary N) is 2. The van der Waals surface area contributed by atoms with Crippen molar-refractivity contribution in [3.63, 3.8) is 0 Å². The van der Waals surface area contributed by atoms with Crippen molar-refractivity contribution in [3.8, 4) is 0 Å². The van der Waals surface area contributed by atoms with Crippen molar-refractivity contribution in [2.45, 2.75) is 45.6 Å². The molecule has 0 saturated carbocycles. The molecule has 110 valence electrons. The zero-order chi connectivity index (χ0) is 15.0. The summed E-state index contributed by atoms with van der Waals surface area (Å²) in [5.41, 5.74) is 1.36. The van der Waals surface area contributed by atoms with Crippen LogP contribution in [-0.2, 0) is 11.2 Å². The second kappa shape index (κ2) is 8.19. The van der Waals surface area contributed by atoms with Gasteiger partial charge in [-0.3, -0.25) is 4.79 Å². The Balaban J connectivity index is 2.43. The van der Waals surface area contributed by atoms with E-state index >= 15 is 0 Å². The Morgan fingerprint density at radius 1 is 1.25 bits per heavy atom. The molecule has 1 aromatic carbocycles. The summed E-state index contributed by atoms with van der Waals surface area (Å²) in [5, 5.41) is 14.3. The third kappa shape index (κ3) is 6.22. The summed E-state index contributed by atoms with van der Waals surface area (Å²) in [6, 6.07) is 6.71. The SMILES string of the molecule is CCCCC(C)NC(=O)Nc1ccc(CC(=O)O)cc1. The fraction of sp³-hybridized carbons (Fsp3) is 0.467. The first kappa shape index (κ1) is 16.0. The molecule has 0 heterocycles. The molecule has 0 aromatic heterocycles. The average Bonchev–Trinajstić information content (AvgIpc) is 2.38. The second-order valence-electron chi connectivity index (χ2n) is 4.91. The van der Waals surface area contributed by atoms with Crippen LogP contribution in [0, 0.1) is 0 Å². The van der Waals surface area contributed by atoms with Crippen LogP contribution in [0.25, 0.3) is 0 Å². The monoisotopic (exact) mass is 278 g/mol. The van der Waals surface area contributed by atoms with E-state index in [1.807, 2.05) is 6.92 Å². The third-order valence-electron chi connectivity index (χ3n) is 2.94. The van der Waals surface area contributed by atoms with E-state index in [0.29, 0.717) is 11.3 Å². The Labute approximate surface area is 119 Å². The molecule has 0 aliphatic heterocycles. The highest BCUT2D eigenvalue weighted by molar-refractivity contribution is 5.89. The molecular formula is C15H22N2O3. The Morgan fingerprint density at radius 2 is 1.90 bits per heavy atom. The molecule has 5 nitrogen and oxygen atoms in total. The van der Waals surface area contributed by atoms with Crippen LogP contribution in [0.15, 0.2) is 24.3 Å². The van der Waals surface area contributed by atoms with Crippen LogP contribution >= 0.6 is 0 Å². The Hall–Kier alpha value is -2.04. The van der Waals surface area contributed by atoms with Crippen molar-refractivity contribution in [2.24, 2.45) is 0 Å². The predicted molar refractivity (Wildman–Crippen MR) is 78.9 cm³/mol. The van der Waals surface area contributed by atoms with E-state index in [1.165, 1.54) is 0 Å². The number of rotatable bonds is 7. The molecule has 0 aliphatic carbocycles. The van der Waals surface area contributed by atoms with Crippen LogP contribution in [0.1, 0.15) is 38.7 Å². The summed E-state index contributed by atoms with van der Waals surface area (Å²) in [7, 11) is 0. The van der Waals surface area contributed by atoms with E-state index in [4.69, 9.17) is 5.11 Å². The van der Waals surface area contributed by atoms with Gasteiger partial charge in [-0.1, -0.05) is 31.9 Å². The maximum Gasteiger partial charge on any atom is 0.319 e. The van der Waals surface area contributed by atoms with Gasteiger partial charge in [0.05, 0.1) is 6.42 Å². The third-order valence-corrected chi connectivity index (χ3v) is 2.94. The number of amides is 2. The van der Waals surface area contributed by atoms with Crippen LogP contribution in [0.5, 0.6) is 0 Å². The largest absolute Gasteiger partial charge is 0.481 e. The van der Waals surface area contributed by atoms with Crippen LogP contribution in [0.4, 0.5) is 10.5 Å². The molecule has 2 amide bonds. The van der Waals surface area contributed by atoms with Gasteiger partial charge < -0.3 is 15.7 Å². The number of carbonyl (C=O) groups is 2. The number of anilines is 1. The fourth-order valence-electron chi connectivity index (χ4n) is 1.85. The van der Waals surface area contributed by atoms with Crippen LogP contribution in [0.2, 0.25) is 0 Å².